The van der Waals surface area contributed by atoms with Gasteiger partial charge < -0.3 is 9.64 Å². The molecule has 0 bridgehead atoms. The summed E-state index contributed by atoms with van der Waals surface area (Å²) in [4.78, 5) is 13.6. The maximum atomic E-state index is 12.6. The van der Waals surface area contributed by atoms with Crippen molar-refractivity contribution in [3.63, 3.8) is 0 Å². The van der Waals surface area contributed by atoms with E-state index in [0.717, 1.165) is 6.42 Å². The molecule has 0 atom stereocenters. The van der Waals surface area contributed by atoms with Crippen molar-refractivity contribution in [3.8, 4) is 5.75 Å². The second-order valence-corrected chi connectivity index (χ2v) is 7.76. The van der Waals surface area contributed by atoms with E-state index in [1.165, 1.54) is 30.3 Å². The largest absolute Gasteiger partial charge is 0.435 e. The number of benzene rings is 2. The molecule has 3 rings (SSSR count). The van der Waals surface area contributed by atoms with Crippen LogP contribution in [0.5, 0.6) is 5.75 Å². The number of rotatable bonds is 6. The van der Waals surface area contributed by atoms with Crippen molar-refractivity contribution in [1.29, 1.82) is 0 Å². The van der Waals surface area contributed by atoms with Crippen LogP contribution >= 0.6 is 0 Å². The summed E-state index contributed by atoms with van der Waals surface area (Å²) in [6.07, 6.45) is 1.27. The van der Waals surface area contributed by atoms with Crippen LogP contribution in [-0.2, 0) is 14.8 Å². The summed E-state index contributed by atoms with van der Waals surface area (Å²) in [7, 11) is -3.88. The Kier molecular flexibility index (Phi) is 5.31. The molecule has 0 saturated carbocycles. The van der Waals surface area contributed by atoms with Crippen LogP contribution in [0.25, 0.3) is 0 Å². The number of hydrogen-bond donors (Lipinski definition) is 1. The van der Waals surface area contributed by atoms with Crippen LogP contribution in [0, 0.1) is 6.92 Å². The average Bonchev–Trinajstić information content (AvgIpc) is 3.01. The molecular formula is C18H18F2N2O4S. The first-order chi connectivity index (χ1) is 12.8. The minimum Gasteiger partial charge on any atom is -0.435 e. The van der Waals surface area contributed by atoms with Crippen LogP contribution in [0.1, 0.15) is 18.4 Å². The Morgan fingerprint density at radius 2 is 1.85 bits per heavy atom. The molecule has 1 fully saturated rings. The van der Waals surface area contributed by atoms with E-state index in [1.807, 2.05) is 0 Å². The maximum absolute atomic E-state index is 12.6. The lowest BCUT2D eigenvalue weighted by atomic mass is 10.2. The summed E-state index contributed by atoms with van der Waals surface area (Å²) < 4.78 is 56.2. The van der Waals surface area contributed by atoms with Gasteiger partial charge in [-0.25, -0.2) is 8.42 Å². The predicted molar refractivity (Wildman–Crippen MR) is 96.6 cm³/mol. The molecule has 2 aromatic carbocycles. The molecule has 0 radical (unpaired) electrons. The highest BCUT2D eigenvalue weighted by Crippen LogP contribution is 2.27. The number of amides is 1. The molecular weight excluding hydrogens is 378 g/mol. The number of carbonyl (C=O) groups excluding carboxylic acids is 1. The van der Waals surface area contributed by atoms with Crippen LogP contribution < -0.4 is 14.4 Å². The number of nitrogens with zero attached hydrogens (tertiary/aromatic N) is 1. The van der Waals surface area contributed by atoms with Crippen LogP contribution in [0.2, 0.25) is 0 Å². The molecule has 1 aliphatic rings. The number of sulfonamides is 1. The van der Waals surface area contributed by atoms with E-state index in [2.05, 4.69) is 9.46 Å². The molecule has 27 heavy (non-hydrogen) atoms. The standard InChI is InChI=1S/C18H18F2N2O4S/c1-12-11-14(22-10-2-3-17(22)23)6-9-16(12)27(24,25)21-13-4-7-15(8-5-13)26-18(19)20/h4-9,11,18,21H,2-3,10H2,1H3. The number of halogens is 2. The lowest BCUT2D eigenvalue weighted by molar-refractivity contribution is -0.117. The van der Waals surface area contributed by atoms with Gasteiger partial charge in [0.2, 0.25) is 5.91 Å². The number of anilines is 2. The minimum absolute atomic E-state index is 0.0224. The summed E-state index contributed by atoms with van der Waals surface area (Å²) in [5.41, 5.74) is 1.38. The lowest BCUT2D eigenvalue weighted by Gasteiger charge is -2.18. The topological polar surface area (TPSA) is 75.7 Å². The molecule has 1 saturated heterocycles. The van der Waals surface area contributed by atoms with Crippen molar-refractivity contribution in [2.75, 3.05) is 16.2 Å². The Morgan fingerprint density at radius 3 is 2.41 bits per heavy atom. The van der Waals surface area contributed by atoms with Crippen LogP contribution in [-0.4, -0.2) is 27.5 Å². The van der Waals surface area contributed by atoms with Gasteiger partial charge in [0.05, 0.1) is 4.90 Å². The second-order valence-electron chi connectivity index (χ2n) is 6.11. The third kappa shape index (κ3) is 4.36. The first kappa shape index (κ1) is 19.1. The maximum Gasteiger partial charge on any atom is 0.387 e. The highest BCUT2D eigenvalue weighted by Gasteiger charge is 2.24. The minimum atomic E-state index is -3.88. The van der Waals surface area contributed by atoms with Crippen molar-refractivity contribution in [3.05, 3.63) is 48.0 Å². The number of ether oxygens (including phenoxy) is 1. The van der Waals surface area contributed by atoms with Gasteiger partial charge in [0.25, 0.3) is 10.0 Å². The van der Waals surface area contributed by atoms with Gasteiger partial charge >= 0.3 is 6.61 Å². The van der Waals surface area contributed by atoms with Crippen molar-refractivity contribution in [1.82, 2.24) is 0 Å². The summed E-state index contributed by atoms with van der Waals surface area (Å²) in [6, 6.07) is 9.89. The van der Waals surface area contributed by atoms with E-state index >= 15 is 0 Å². The Hall–Kier alpha value is -2.68. The Morgan fingerprint density at radius 1 is 1.15 bits per heavy atom. The van der Waals surface area contributed by atoms with Crippen molar-refractivity contribution >= 4 is 27.3 Å². The van der Waals surface area contributed by atoms with Gasteiger partial charge in [-0.05, 0) is 61.4 Å². The van der Waals surface area contributed by atoms with Gasteiger partial charge in [0.1, 0.15) is 5.75 Å². The molecule has 6 nitrogen and oxygen atoms in total. The summed E-state index contributed by atoms with van der Waals surface area (Å²) >= 11 is 0. The van der Waals surface area contributed by atoms with Crippen molar-refractivity contribution in [2.45, 2.75) is 31.3 Å². The highest BCUT2D eigenvalue weighted by atomic mass is 32.2. The van der Waals surface area contributed by atoms with Gasteiger partial charge in [-0.2, -0.15) is 8.78 Å². The van der Waals surface area contributed by atoms with Gasteiger partial charge in [0.15, 0.2) is 0 Å². The van der Waals surface area contributed by atoms with E-state index in [-0.39, 0.29) is 22.2 Å². The Labute approximate surface area is 155 Å². The predicted octanol–water partition coefficient (Wildman–Crippen LogP) is 3.52. The number of nitrogens with one attached hydrogen (secondary N) is 1. The number of carbonyl (C=O) groups is 1. The first-order valence-electron chi connectivity index (χ1n) is 8.25. The van der Waals surface area contributed by atoms with E-state index in [9.17, 15) is 22.0 Å². The molecule has 0 unspecified atom stereocenters. The van der Waals surface area contributed by atoms with Crippen LogP contribution in [0.4, 0.5) is 20.2 Å². The monoisotopic (exact) mass is 396 g/mol. The zero-order valence-electron chi connectivity index (χ0n) is 14.5. The zero-order chi connectivity index (χ0) is 19.6. The second kappa shape index (κ2) is 7.51. The molecule has 0 aliphatic carbocycles. The summed E-state index contributed by atoms with van der Waals surface area (Å²) in [6.45, 7) is -0.676. The third-order valence-corrected chi connectivity index (χ3v) is 5.71. The fraction of sp³-hybridized carbons (Fsp3) is 0.278. The number of hydrogen-bond acceptors (Lipinski definition) is 4. The van der Waals surface area contributed by atoms with E-state index in [4.69, 9.17) is 0 Å². The average molecular weight is 396 g/mol. The van der Waals surface area contributed by atoms with Gasteiger partial charge in [-0.3, -0.25) is 9.52 Å². The molecule has 1 heterocycles. The molecule has 9 heteroatoms. The molecule has 1 aliphatic heterocycles. The Bertz CT molecular complexity index is 946. The molecule has 1 N–H and O–H groups in total. The SMILES string of the molecule is Cc1cc(N2CCCC2=O)ccc1S(=O)(=O)Nc1ccc(OC(F)F)cc1. The van der Waals surface area contributed by atoms with Gasteiger partial charge in [-0.1, -0.05) is 0 Å². The van der Waals surface area contributed by atoms with Crippen LogP contribution in [0.15, 0.2) is 47.4 Å². The smallest absolute Gasteiger partial charge is 0.387 e. The van der Waals surface area contributed by atoms with E-state index in [0.29, 0.717) is 24.2 Å². The quantitative estimate of drug-likeness (QED) is 0.811. The fourth-order valence-corrected chi connectivity index (χ4v) is 4.23. The van der Waals surface area contributed by atoms with Gasteiger partial charge in [-0.15, -0.1) is 0 Å². The molecule has 0 spiro atoms. The lowest BCUT2D eigenvalue weighted by Crippen LogP contribution is -2.24. The van der Waals surface area contributed by atoms with Crippen molar-refractivity contribution < 1.29 is 26.7 Å². The molecule has 0 aromatic heterocycles. The summed E-state index contributed by atoms with van der Waals surface area (Å²) in [5.74, 6) is -0.0435. The van der Waals surface area contributed by atoms with Gasteiger partial charge in [0, 0.05) is 24.3 Å². The normalized spacial score (nSPS) is 14.7. The number of aryl methyl sites for hydroxylation is 1. The molecule has 144 valence electrons. The van der Waals surface area contributed by atoms with E-state index < -0.39 is 16.6 Å². The first-order valence-corrected chi connectivity index (χ1v) is 9.73. The van der Waals surface area contributed by atoms with E-state index in [1.54, 1.807) is 24.0 Å². The molecule has 1 amide bonds. The highest BCUT2D eigenvalue weighted by molar-refractivity contribution is 7.92. The Balaban J connectivity index is 1.79. The third-order valence-electron chi connectivity index (χ3n) is 4.16. The summed E-state index contributed by atoms with van der Waals surface area (Å²) in [5, 5.41) is 0. The zero-order valence-corrected chi connectivity index (χ0v) is 15.3. The molecule has 2 aromatic rings. The fourth-order valence-electron chi connectivity index (χ4n) is 2.94. The van der Waals surface area contributed by atoms with Crippen molar-refractivity contribution in [2.24, 2.45) is 0 Å². The van der Waals surface area contributed by atoms with Crippen LogP contribution in [0.3, 0.4) is 0 Å². The number of alkyl halides is 2.